The van der Waals surface area contributed by atoms with Crippen LogP contribution in [0.25, 0.3) is 6.08 Å². The molecule has 2 saturated heterocycles. The molecule has 6 heteroatoms. The van der Waals surface area contributed by atoms with Crippen molar-refractivity contribution in [2.45, 2.75) is 12.1 Å². The highest BCUT2D eigenvalue weighted by molar-refractivity contribution is 5.92. The van der Waals surface area contributed by atoms with Gasteiger partial charge >= 0.3 is 0 Å². The molecule has 0 bridgehead atoms. The summed E-state index contributed by atoms with van der Waals surface area (Å²) in [4.78, 5) is 16.0. The van der Waals surface area contributed by atoms with E-state index in [-0.39, 0.29) is 17.8 Å². The van der Waals surface area contributed by atoms with E-state index in [9.17, 15) is 14.3 Å². The van der Waals surface area contributed by atoms with Gasteiger partial charge in [-0.25, -0.2) is 4.39 Å². The second-order valence-corrected chi connectivity index (χ2v) is 5.88. The van der Waals surface area contributed by atoms with E-state index in [0.29, 0.717) is 31.9 Å². The molecule has 124 valence electrons. The lowest BCUT2D eigenvalue weighted by Crippen LogP contribution is -2.49. The molecule has 2 heterocycles. The number of halogens is 1. The van der Waals surface area contributed by atoms with Crippen LogP contribution < -0.4 is 0 Å². The van der Waals surface area contributed by atoms with Crippen molar-refractivity contribution in [1.82, 2.24) is 9.80 Å². The molecular formula is C17H21FN2O3. The van der Waals surface area contributed by atoms with Crippen molar-refractivity contribution in [3.63, 3.8) is 0 Å². The molecule has 5 nitrogen and oxygen atoms in total. The summed E-state index contributed by atoms with van der Waals surface area (Å²) in [5.74, 6) is -0.563. The monoisotopic (exact) mass is 320 g/mol. The van der Waals surface area contributed by atoms with Gasteiger partial charge in [0.1, 0.15) is 5.82 Å². The number of carbonyl (C=O) groups is 1. The van der Waals surface area contributed by atoms with Gasteiger partial charge in [-0.15, -0.1) is 0 Å². The Labute approximate surface area is 134 Å². The molecule has 0 saturated carbocycles. The molecule has 1 aromatic rings. The third-order valence-electron chi connectivity index (χ3n) is 4.40. The summed E-state index contributed by atoms with van der Waals surface area (Å²) in [7, 11) is 0. The van der Waals surface area contributed by atoms with Crippen LogP contribution in [-0.4, -0.2) is 72.4 Å². The molecule has 2 atom stereocenters. The van der Waals surface area contributed by atoms with Crippen molar-refractivity contribution < 1.29 is 19.0 Å². The molecule has 2 fully saturated rings. The number of aliphatic hydroxyl groups excluding tert-OH is 1. The van der Waals surface area contributed by atoms with Crippen LogP contribution in [0.3, 0.4) is 0 Å². The van der Waals surface area contributed by atoms with Crippen LogP contribution in [0, 0.1) is 5.82 Å². The predicted molar refractivity (Wildman–Crippen MR) is 84.2 cm³/mol. The van der Waals surface area contributed by atoms with E-state index >= 15 is 0 Å². The molecule has 0 unspecified atom stereocenters. The summed E-state index contributed by atoms with van der Waals surface area (Å²) in [6.45, 7) is 3.66. The fourth-order valence-corrected chi connectivity index (χ4v) is 3.09. The Morgan fingerprint density at radius 2 is 2.00 bits per heavy atom. The highest BCUT2D eigenvalue weighted by Crippen LogP contribution is 2.18. The second kappa shape index (κ2) is 7.21. The topological polar surface area (TPSA) is 53.0 Å². The van der Waals surface area contributed by atoms with Crippen molar-refractivity contribution in [1.29, 1.82) is 0 Å². The Balaban J connectivity index is 1.61. The van der Waals surface area contributed by atoms with Crippen LogP contribution in [0.15, 0.2) is 30.3 Å². The lowest BCUT2D eigenvalue weighted by Gasteiger charge is -2.33. The summed E-state index contributed by atoms with van der Waals surface area (Å²) in [5.41, 5.74) is 0.380. The maximum Gasteiger partial charge on any atom is 0.246 e. The number of β-amino-alcohol motifs (C(OH)–C–C–N with tert-alkyl or cyclic N) is 1. The molecule has 0 radical (unpaired) electrons. The first kappa shape index (κ1) is 16.1. The first-order valence-corrected chi connectivity index (χ1v) is 7.86. The van der Waals surface area contributed by atoms with Gasteiger partial charge in [0.2, 0.25) is 5.91 Å². The number of benzene rings is 1. The minimum absolute atomic E-state index is 0.0512. The van der Waals surface area contributed by atoms with Gasteiger partial charge in [-0.3, -0.25) is 9.69 Å². The fourth-order valence-electron chi connectivity index (χ4n) is 3.09. The summed E-state index contributed by atoms with van der Waals surface area (Å²) in [6, 6.07) is 6.26. The standard InChI is InChI=1S/C17H21FN2O3/c18-14-4-2-1-3-13(14)5-6-17(22)20-11-15(16(21)12-20)19-7-9-23-10-8-19/h1-6,15-16,21H,7-12H2/b6-5+/t15-,16-/m1/s1. The van der Waals surface area contributed by atoms with E-state index in [0.717, 1.165) is 13.1 Å². The molecule has 0 spiro atoms. The van der Waals surface area contributed by atoms with Gasteiger partial charge in [-0.05, 0) is 12.1 Å². The van der Waals surface area contributed by atoms with E-state index < -0.39 is 6.10 Å². The number of likely N-dealkylation sites (tertiary alicyclic amines) is 1. The molecular weight excluding hydrogens is 299 g/mol. The zero-order valence-corrected chi connectivity index (χ0v) is 12.9. The number of carbonyl (C=O) groups excluding carboxylic acids is 1. The molecule has 23 heavy (non-hydrogen) atoms. The van der Waals surface area contributed by atoms with Gasteiger partial charge in [0.25, 0.3) is 0 Å². The van der Waals surface area contributed by atoms with Crippen molar-refractivity contribution >= 4 is 12.0 Å². The average Bonchev–Trinajstić information content (AvgIpc) is 2.96. The second-order valence-electron chi connectivity index (χ2n) is 5.88. The van der Waals surface area contributed by atoms with Crippen molar-refractivity contribution in [3.8, 4) is 0 Å². The summed E-state index contributed by atoms with van der Waals surface area (Å²) >= 11 is 0. The average molecular weight is 320 g/mol. The first-order valence-electron chi connectivity index (χ1n) is 7.86. The smallest absolute Gasteiger partial charge is 0.246 e. The highest BCUT2D eigenvalue weighted by atomic mass is 19.1. The van der Waals surface area contributed by atoms with Crippen LogP contribution in [0.4, 0.5) is 4.39 Å². The normalized spacial score (nSPS) is 26.1. The van der Waals surface area contributed by atoms with Gasteiger partial charge < -0.3 is 14.7 Å². The van der Waals surface area contributed by atoms with Crippen molar-refractivity contribution in [2.24, 2.45) is 0 Å². The Morgan fingerprint density at radius 3 is 2.74 bits per heavy atom. The molecule has 1 amide bonds. The van der Waals surface area contributed by atoms with Crippen LogP contribution >= 0.6 is 0 Å². The maximum atomic E-state index is 13.5. The third kappa shape index (κ3) is 3.77. The van der Waals surface area contributed by atoms with Crippen LogP contribution in [0.1, 0.15) is 5.56 Å². The minimum atomic E-state index is -0.557. The van der Waals surface area contributed by atoms with Gasteiger partial charge in [-0.2, -0.15) is 0 Å². The number of ether oxygens (including phenoxy) is 1. The molecule has 2 aliphatic rings. The fraction of sp³-hybridized carbons (Fsp3) is 0.471. The van der Waals surface area contributed by atoms with Gasteiger partial charge in [0.15, 0.2) is 0 Å². The number of amides is 1. The van der Waals surface area contributed by atoms with Gasteiger partial charge in [0, 0.05) is 37.8 Å². The zero-order valence-electron chi connectivity index (χ0n) is 12.9. The van der Waals surface area contributed by atoms with E-state index in [1.165, 1.54) is 18.2 Å². The number of rotatable bonds is 3. The molecule has 0 aliphatic carbocycles. The minimum Gasteiger partial charge on any atom is -0.390 e. The van der Waals surface area contributed by atoms with E-state index in [4.69, 9.17) is 4.74 Å². The van der Waals surface area contributed by atoms with E-state index in [1.54, 1.807) is 23.1 Å². The Morgan fingerprint density at radius 1 is 1.26 bits per heavy atom. The lowest BCUT2D eigenvalue weighted by molar-refractivity contribution is -0.125. The third-order valence-corrected chi connectivity index (χ3v) is 4.40. The molecule has 1 aromatic carbocycles. The maximum absolute atomic E-state index is 13.5. The summed E-state index contributed by atoms with van der Waals surface area (Å²) in [5, 5.41) is 10.2. The number of aliphatic hydroxyl groups is 1. The molecule has 1 N–H and O–H groups in total. The van der Waals surface area contributed by atoms with Gasteiger partial charge in [-0.1, -0.05) is 18.2 Å². The van der Waals surface area contributed by atoms with E-state index in [1.807, 2.05) is 0 Å². The van der Waals surface area contributed by atoms with Crippen LogP contribution in [0.2, 0.25) is 0 Å². The van der Waals surface area contributed by atoms with Crippen molar-refractivity contribution in [3.05, 3.63) is 41.7 Å². The zero-order chi connectivity index (χ0) is 16.2. The predicted octanol–water partition coefficient (Wildman–Crippen LogP) is 0.743. The highest BCUT2D eigenvalue weighted by Gasteiger charge is 2.37. The quantitative estimate of drug-likeness (QED) is 0.835. The van der Waals surface area contributed by atoms with Crippen LogP contribution in [0.5, 0.6) is 0 Å². The number of hydrogen-bond acceptors (Lipinski definition) is 4. The van der Waals surface area contributed by atoms with Crippen LogP contribution in [-0.2, 0) is 9.53 Å². The number of morpholine rings is 1. The largest absolute Gasteiger partial charge is 0.390 e. The summed E-state index contributed by atoms with van der Waals surface area (Å²) < 4.78 is 18.9. The lowest BCUT2D eigenvalue weighted by atomic mass is 10.1. The number of nitrogens with zero attached hydrogens (tertiary/aromatic N) is 2. The SMILES string of the molecule is O=C(/C=C/c1ccccc1F)N1C[C@@H](O)[C@H](N2CCOCC2)C1. The Bertz CT molecular complexity index is 587. The first-order chi connectivity index (χ1) is 11.1. The Hall–Kier alpha value is -1.76. The molecule has 3 rings (SSSR count). The van der Waals surface area contributed by atoms with Gasteiger partial charge in [0.05, 0.1) is 25.4 Å². The molecule has 0 aromatic heterocycles. The van der Waals surface area contributed by atoms with E-state index in [2.05, 4.69) is 4.90 Å². The number of hydrogen-bond donors (Lipinski definition) is 1. The molecule has 2 aliphatic heterocycles. The summed E-state index contributed by atoms with van der Waals surface area (Å²) in [6.07, 6.45) is 2.29. The Kier molecular flexibility index (Phi) is 5.05. The van der Waals surface area contributed by atoms with Crippen molar-refractivity contribution in [2.75, 3.05) is 39.4 Å².